The molecule has 0 radical (unpaired) electrons. The summed E-state index contributed by atoms with van der Waals surface area (Å²) < 4.78 is 5.43. The SMILES string of the molecule is COC1CCN(Cc2nc(C)cc(Cl)n2)C(CN)C1. The van der Waals surface area contributed by atoms with Crippen LogP contribution in [0.25, 0.3) is 0 Å². The van der Waals surface area contributed by atoms with Crippen molar-refractivity contribution in [3.63, 3.8) is 0 Å². The molecule has 2 N–H and O–H groups in total. The van der Waals surface area contributed by atoms with E-state index in [1.165, 1.54) is 0 Å². The fraction of sp³-hybridized carbons (Fsp3) is 0.692. The monoisotopic (exact) mass is 284 g/mol. The summed E-state index contributed by atoms with van der Waals surface area (Å²) in [6.45, 7) is 4.20. The number of halogens is 1. The average molecular weight is 285 g/mol. The van der Waals surface area contributed by atoms with Crippen LogP contribution < -0.4 is 5.73 Å². The van der Waals surface area contributed by atoms with Gasteiger partial charge < -0.3 is 10.5 Å². The van der Waals surface area contributed by atoms with Gasteiger partial charge in [-0.15, -0.1) is 0 Å². The maximum Gasteiger partial charge on any atom is 0.144 e. The maximum atomic E-state index is 5.97. The zero-order valence-corrected chi connectivity index (χ0v) is 12.2. The highest BCUT2D eigenvalue weighted by Gasteiger charge is 2.28. The number of rotatable bonds is 4. The lowest BCUT2D eigenvalue weighted by Crippen LogP contribution is -2.48. The quantitative estimate of drug-likeness (QED) is 0.846. The van der Waals surface area contributed by atoms with E-state index in [1.807, 2.05) is 6.92 Å². The normalized spacial score (nSPS) is 24.6. The van der Waals surface area contributed by atoms with Crippen LogP contribution in [-0.4, -0.2) is 47.2 Å². The Hall–Kier alpha value is -0.750. The van der Waals surface area contributed by atoms with Crippen LogP contribution >= 0.6 is 11.6 Å². The number of aromatic nitrogens is 2. The minimum atomic E-state index is 0.312. The summed E-state index contributed by atoms with van der Waals surface area (Å²) in [4.78, 5) is 11.0. The van der Waals surface area contributed by atoms with E-state index in [1.54, 1.807) is 13.2 Å². The Morgan fingerprint density at radius 1 is 1.53 bits per heavy atom. The second kappa shape index (κ2) is 6.61. The van der Waals surface area contributed by atoms with Gasteiger partial charge >= 0.3 is 0 Å². The van der Waals surface area contributed by atoms with Crippen molar-refractivity contribution in [2.45, 2.75) is 38.5 Å². The third-order valence-electron chi connectivity index (χ3n) is 3.61. The van der Waals surface area contributed by atoms with Gasteiger partial charge in [0.15, 0.2) is 0 Å². The van der Waals surface area contributed by atoms with Crippen LogP contribution in [0.5, 0.6) is 0 Å². The molecular formula is C13H21ClN4O. The van der Waals surface area contributed by atoms with Crippen molar-refractivity contribution in [3.8, 4) is 0 Å². The number of hydrogen-bond acceptors (Lipinski definition) is 5. The molecule has 2 rings (SSSR count). The van der Waals surface area contributed by atoms with Crippen molar-refractivity contribution < 1.29 is 4.74 Å². The van der Waals surface area contributed by atoms with Gasteiger partial charge in [-0.1, -0.05) is 11.6 Å². The molecule has 6 heteroatoms. The van der Waals surface area contributed by atoms with E-state index in [2.05, 4.69) is 14.9 Å². The lowest BCUT2D eigenvalue weighted by molar-refractivity contribution is 0.00928. The molecule has 1 aliphatic heterocycles. The summed E-state index contributed by atoms with van der Waals surface area (Å²) in [5.41, 5.74) is 6.75. The Morgan fingerprint density at radius 2 is 2.32 bits per heavy atom. The molecule has 2 atom stereocenters. The van der Waals surface area contributed by atoms with E-state index in [-0.39, 0.29) is 0 Å². The Labute approximate surface area is 119 Å². The van der Waals surface area contributed by atoms with Crippen molar-refractivity contribution in [1.82, 2.24) is 14.9 Å². The van der Waals surface area contributed by atoms with Gasteiger partial charge in [-0.05, 0) is 25.8 Å². The maximum absolute atomic E-state index is 5.97. The van der Waals surface area contributed by atoms with Crippen molar-refractivity contribution in [2.75, 3.05) is 20.2 Å². The lowest BCUT2D eigenvalue weighted by Gasteiger charge is -2.38. The Balaban J connectivity index is 2.05. The molecule has 1 aromatic heterocycles. The lowest BCUT2D eigenvalue weighted by atomic mass is 9.99. The van der Waals surface area contributed by atoms with Crippen molar-refractivity contribution in [1.29, 1.82) is 0 Å². The highest BCUT2D eigenvalue weighted by atomic mass is 35.5. The van der Waals surface area contributed by atoms with E-state index < -0.39 is 0 Å². The van der Waals surface area contributed by atoms with Gasteiger partial charge in [-0.25, -0.2) is 9.97 Å². The number of methoxy groups -OCH3 is 1. The van der Waals surface area contributed by atoms with E-state index in [0.717, 1.165) is 30.9 Å². The fourth-order valence-corrected chi connectivity index (χ4v) is 2.83. The van der Waals surface area contributed by atoms with Gasteiger partial charge in [-0.3, -0.25) is 4.90 Å². The number of nitrogens with zero attached hydrogens (tertiary/aromatic N) is 3. The molecule has 1 aliphatic rings. The predicted octanol–water partition coefficient (Wildman–Crippen LogP) is 1.38. The highest BCUT2D eigenvalue weighted by Crippen LogP contribution is 2.21. The molecule has 19 heavy (non-hydrogen) atoms. The largest absolute Gasteiger partial charge is 0.381 e. The van der Waals surface area contributed by atoms with E-state index in [9.17, 15) is 0 Å². The molecule has 2 unspecified atom stereocenters. The number of nitrogens with two attached hydrogens (primary N) is 1. The number of aryl methyl sites for hydroxylation is 1. The molecule has 0 aromatic carbocycles. The molecule has 1 aromatic rings. The third kappa shape index (κ3) is 3.86. The Kier molecular flexibility index (Phi) is 5.10. The highest BCUT2D eigenvalue weighted by molar-refractivity contribution is 6.29. The molecule has 106 valence electrons. The van der Waals surface area contributed by atoms with Crippen LogP contribution in [0.1, 0.15) is 24.4 Å². The first-order valence-electron chi connectivity index (χ1n) is 6.59. The van der Waals surface area contributed by atoms with Crippen molar-refractivity contribution >= 4 is 11.6 Å². The smallest absolute Gasteiger partial charge is 0.144 e. The topological polar surface area (TPSA) is 64.3 Å². The molecule has 0 aliphatic carbocycles. The van der Waals surface area contributed by atoms with Crippen LogP contribution in [0.15, 0.2) is 6.07 Å². The standard InChI is InChI=1S/C13H21ClN4O/c1-9-5-12(14)17-13(16-9)8-18-4-3-11(19-2)6-10(18)7-15/h5,10-11H,3-4,6-8,15H2,1-2H3. The number of piperidine rings is 1. The minimum absolute atomic E-state index is 0.312. The zero-order valence-electron chi connectivity index (χ0n) is 11.5. The minimum Gasteiger partial charge on any atom is -0.381 e. The van der Waals surface area contributed by atoms with Gasteiger partial charge in [0, 0.05) is 31.9 Å². The number of hydrogen-bond donors (Lipinski definition) is 1. The summed E-state index contributed by atoms with van der Waals surface area (Å²) >= 11 is 5.97. The zero-order chi connectivity index (χ0) is 13.8. The molecular weight excluding hydrogens is 264 g/mol. The first-order valence-corrected chi connectivity index (χ1v) is 6.97. The second-order valence-electron chi connectivity index (χ2n) is 4.99. The summed E-state index contributed by atoms with van der Waals surface area (Å²) in [5.74, 6) is 0.763. The molecule has 0 amide bonds. The third-order valence-corrected chi connectivity index (χ3v) is 3.80. The van der Waals surface area contributed by atoms with Gasteiger partial charge in [0.25, 0.3) is 0 Å². The molecule has 0 bridgehead atoms. The predicted molar refractivity (Wildman–Crippen MR) is 75.1 cm³/mol. The van der Waals surface area contributed by atoms with Crippen molar-refractivity contribution in [3.05, 3.63) is 22.7 Å². The van der Waals surface area contributed by atoms with E-state index in [4.69, 9.17) is 22.1 Å². The van der Waals surface area contributed by atoms with Crippen LogP contribution in [0, 0.1) is 6.92 Å². The Morgan fingerprint density at radius 3 is 2.95 bits per heavy atom. The van der Waals surface area contributed by atoms with Crippen LogP contribution in [-0.2, 0) is 11.3 Å². The number of ether oxygens (including phenoxy) is 1. The molecule has 1 saturated heterocycles. The molecule has 0 saturated carbocycles. The summed E-state index contributed by atoms with van der Waals surface area (Å²) in [5, 5.41) is 0.499. The molecule has 0 spiro atoms. The first-order chi connectivity index (χ1) is 9.12. The van der Waals surface area contributed by atoms with Crippen LogP contribution in [0.4, 0.5) is 0 Å². The van der Waals surface area contributed by atoms with Crippen molar-refractivity contribution in [2.24, 2.45) is 5.73 Å². The molecule has 5 nitrogen and oxygen atoms in total. The summed E-state index contributed by atoms with van der Waals surface area (Å²) in [6.07, 6.45) is 2.30. The first kappa shape index (κ1) is 14.7. The van der Waals surface area contributed by atoms with Gasteiger partial charge in [-0.2, -0.15) is 0 Å². The second-order valence-corrected chi connectivity index (χ2v) is 5.38. The van der Waals surface area contributed by atoms with Gasteiger partial charge in [0.1, 0.15) is 11.0 Å². The van der Waals surface area contributed by atoms with Gasteiger partial charge in [0.2, 0.25) is 0 Å². The average Bonchev–Trinajstić information content (AvgIpc) is 2.38. The van der Waals surface area contributed by atoms with Gasteiger partial charge in [0.05, 0.1) is 12.6 Å². The number of likely N-dealkylation sites (tertiary alicyclic amines) is 1. The van der Waals surface area contributed by atoms with E-state index >= 15 is 0 Å². The summed E-state index contributed by atoms with van der Waals surface area (Å²) in [7, 11) is 1.76. The van der Waals surface area contributed by atoms with Crippen LogP contribution in [0.2, 0.25) is 5.15 Å². The van der Waals surface area contributed by atoms with Crippen LogP contribution in [0.3, 0.4) is 0 Å². The Bertz CT molecular complexity index is 409. The molecule has 2 heterocycles. The van der Waals surface area contributed by atoms with E-state index in [0.29, 0.717) is 30.4 Å². The molecule has 1 fully saturated rings. The fourth-order valence-electron chi connectivity index (χ4n) is 2.57. The summed E-state index contributed by atoms with van der Waals surface area (Å²) in [6, 6.07) is 2.09.